The molecular formula is C21H28N2O4S. The molecule has 7 heteroatoms. The van der Waals surface area contributed by atoms with Gasteiger partial charge in [0, 0.05) is 6.54 Å². The number of anilines is 1. The molecule has 6 nitrogen and oxygen atoms in total. The number of hydrogen-bond acceptors (Lipinski definition) is 4. The van der Waals surface area contributed by atoms with Gasteiger partial charge in [-0.25, -0.2) is 8.42 Å². The zero-order valence-electron chi connectivity index (χ0n) is 17.0. The average molecular weight is 405 g/mol. The number of aryl methyl sites for hydroxylation is 2. The molecule has 0 saturated carbocycles. The topological polar surface area (TPSA) is 84.5 Å². The summed E-state index contributed by atoms with van der Waals surface area (Å²) in [5, 5.41) is 2.80. The Morgan fingerprint density at radius 3 is 2.29 bits per heavy atom. The molecule has 0 aliphatic rings. The first-order valence-corrected chi connectivity index (χ1v) is 10.5. The highest BCUT2D eigenvalue weighted by atomic mass is 32.2. The Hall–Kier alpha value is -2.54. The van der Waals surface area contributed by atoms with Gasteiger partial charge in [-0.3, -0.25) is 9.52 Å². The molecule has 2 aromatic rings. The molecule has 0 bridgehead atoms. The van der Waals surface area contributed by atoms with Crippen LogP contribution in [0.15, 0.2) is 47.4 Å². The fourth-order valence-electron chi connectivity index (χ4n) is 2.33. The maximum atomic E-state index is 12.6. The lowest BCUT2D eigenvalue weighted by molar-refractivity contribution is -0.123. The van der Waals surface area contributed by atoms with Gasteiger partial charge >= 0.3 is 0 Å². The summed E-state index contributed by atoms with van der Waals surface area (Å²) >= 11 is 0. The third-order valence-electron chi connectivity index (χ3n) is 3.96. The largest absolute Gasteiger partial charge is 0.484 e. The number of benzene rings is 2. The summed E-state index contributed by atoms with van der Waals surface area (Å²) < 4.78 is 33.2. The third kappa shape index (κ3) is 6.56. The van der Waals surface area contributed by atoms with Crippen LogP contribution >= 0.6 is 0 Å². The van der Waals surface area contributed by atoms with Crippen molar-refractivity contribution in [3.8, 4) is 5.75 Å². The molecule has 0 aliphatic heterocycles. The van der Waals surface area contributed by atoms with E-state index in [-0.39, 0.29) is 22.8 Å². The molecule has 2 aromatic carbocycles. The van der Waals surface area contributed by atoms with Crippen LogP contribution < -0.4 is 14.8 Å². The van der Waals surface area contributed by atoms with Crippen LogP contribution in [0.3, 0.4) is 0 Å². The van der Waals surface area contributed by atoms with E-state index in [1.807, 2.05) is 46.8 Å². The van der Waals surface area contributed by atoms with Gasteiger partial charge in [-0.05, 0) is 60.7 Å². The number of amides is 1. The normalized spacial score (nSPS) is 11.8. The van der Waals surface area contributed by atoms with Crippen molar-refractivity contribution in [2.45, 2.75) is 39.5 Å². The molecule has 0 unspecified atom stereocenters. The van der Waals surface area contributed by atoms with E-state index >= 15 is 0 Å². The van der Waals surface area contributed by atoms with Gasteiger partial charge in [-0.2, -0.15) is 0 Å². The predicted molar refractivity (Wildman–Crippen MR) is 111 cm³/mol. The van der Waals surface area contributed by atoms with Crippen molar-refractivity contribution < 1.29 is 17.9 Å². The maximum absolute atomic E-state index is 12.6. The summed E-state index contributed by atoms with van der Waals surface area (Å²) in [5.74, 6) is 0.208. The van der Waals surface area contributed by atoms with E-state index in [1.54, 1.807) is 6.07 Å². The lowest BCUT2D eigenvalue weighted by atomic mass is 9.97. The number of sulfonamides is 1. The second-order valence-electron chi connectivity index (χ2n) is 8.02. The summed E-state index contributed by atoms with van der Waals surface area (Å²) in [5.41, 5.74) is 2.36. The van der Waals surface area contributed by atoms with Gasteiger partial charge < -0.3 is 10.1 Å². The minimum atomic E-state index is -3.71. The van der Waals surface area contributed by atoms with Gasteiger partial charge in [-0.1, -0.05) is 32.9 Å². The Labute approximate surface area is 167 Å². The van der Waals surface area contributed by atoms with E-state index in [9.17, 15) is 13.2 Å². The van der Waals surface area contributed by atoms with E-state index in [2.05, 4.69) is 10.0 Å². The smallest absolute Gasteiger partial charge is 0.261 e. The molecule has 0 aromatic heterocycles. The van der Waals surface area contributed by atoms with Gasteiger partial charge in [-0.15, -0.1) is 0 Å². The molecule has 0 radical (unpaired) electrons. The third-order valence-corrected chi connectivity index (χ3v) is 5.34. The molecule has 2 rings (SSSR count). The van der Waals surface area contributed by atoms with Gasteiger partial charge in [0.2, 0.25) is 0 Å². The molecule has 1 amide bonds. The van der Waals surface area contributed by atoms with Crippen LogP contribution in [-0.2, 0) is 14.8 Å². The quantitative estimate of drug-likeness (QED) is 0.738. The number of rotatable bonds is 7. The number of nitrogens with one attached hydrogen (secondary N) is 2. The summed E-state index contributed by atoms with van der Waals surface area (Å²) in [6, 6.07) is 11.6. The lowest BCUT2D eigenvalue weighted by Gasteiger charge is -2.18. The van der Waals surface area contributed by atoms with Crippen LogP contribution in [0.25, 0.3) is 0 Å². The number of carbonyl (C=O) groups is 1. The summed E-state index contributed by atoms with van der Waals surface area (Å²) in [6.45, 7) is 10.3. The van der Waals surface area contributed by atoms with Crippen molar-refractivity contribution in [2.75, 3.05) is 17.9 Å². The molecule has 2 N–H and O–H groups in total. The molecule has 152 valence electrons. The first kappa shape index (κ1) is 21.8. The van der Waals surface area contributed by atoms with Crippen LogP contribution in [0, 0.1) is 19.3 Å². The first-order chi connectivity index (χ1) is 13.0. The Balaban J connectivity index is 1.99. The Morgan fingerprint density at radius 1 is 1.04 bits per heavy atom. The molecule has 0 saturated heterocycles. The minimum absolute atomic E-state index is 0.00564. The molecule has 0 heterocycles. The summed E-state index contributed by atoms with van der Waals surface area (Å²) in [4.78, 5) is 11.9. The molecule has 0 aliphatic carbocycles. The van der Waals surface area contributed by atoms with E-state index < -0.39 is 10.0 Å². The van der Waals surface area contributed by atoms with E-state index in [4.69, 9.17) is 4.74 Å². The van der Waals surface area contributed by atoms with Crippen LogP contribution in [0.4, 0.5) is 5.69 Å². The zero-order valence-corrected chi connectivity index (χ0v) is 17.8. The molecule has 0 atom stereocenters. The fourth-order valence-corrected chi connectivity index (χ4v) is 3.45. The first-order valence-electron chi connectivity index (χ1n) is 9.06. The lowest BCUT2D eigenvalue weighted by Crippen LogP contribution is -2.35. The second kappa shape index (κ2) is 8.65. The number of hydrogen-bond donors (Lipinski definition) is 2. The van der Waals surface area contributed by atoms with Gasteiger partial charge in [0.05, 0.1) is 10.6 Å². The Bertz CT molecular complexity index is 930. The van der Waals surface area contributed by atoms with Crippen molar-refractivity contribution in [1.29, 1.82) is 0 Å². The van der Waals surface area contributed by atoms with Crippen LogP contribution in [-0.4, -0.2) is 27.5 Å². The fraction of sp³-hybridized carbons (Fsp3) is 0.381. The highest BCUT2D eigenvalue weighted by Crippen LogP contribution is 2.22. The second-order valence-corrected chi connectivity index (χ2v) is 9.70. The van der Waals surface area contributed by atoms with E-state index in [0.29, 0.717) is 18.0 Å². The van der Waals surface area contributed by atoms with Crippen LogP contribution in [0.1, 0.15) is 31.9 Å². The summed E-state index contributed by atoms with van der Waals surface area (Å²) in [7, 11) is -3.71. The number of ether oxygens (including phenoxy) is 1. The van der Waals surface area contributed by atoms with Crippen molar-refractivity contribution in [3.05, 3.63) is 53.6 Å². The highest BCUT2D eigenvalue weighted by molar-refractivity contribution is 7.92. The van der Waals surface area contributed by atoms with Gasteiger partial charge in [0.15, 0.2) is 6.61 Å². The maximum Gasteiger partial charge on any atom is 0.261 e. The Morgan fingerprint density at radius 2 is 1.68 bits per heavy atom. The number of carbonyl (C=O) groups excluding carboxylic acids is 1. The van der Waals surface area contributed by atoms with Crippen molar-refractivity contribution in [3.63, 3.8) is 0 Å². The molecule has 0 fully saturated rings. The molecule has 28 heavy (non-hydrogen) atoms. The van der Waals surface area contributed by atoms with Gasteiger partial charge in [0.1, 0.15) is 5.75 Å². The van der Waals surface area contributed by atoms with Crippen LogP contribution in [0.5, 0.6) is 5.75 Å². The van der Waals surface area contributed by atoms with Gasteiger partial charge in [0.25, 0.3) is 15.9 Å². The van der Waals surface area contributed by atoms with Crippen molar-refractivity contribution >= 4 is 21.6 Å². The van der Waals surface area contributed by atoms with Crippen molar-refractivity contribution in [1.82, 2.24) is 5.32 Å². The molecule has 0 spiro atoms. The predicted octanol–water partition coefficient (Wildman–Crippen LogP) is 3.65. The molecular weight excluding hydrogens is 376 g/mol. The average Bonchev–Trinajstić information content (AvgIpc) is 2.61. The standard InChI is InChI=1S/C21H28N2O4S/c1-15-6-7-16(2)19(12-15)23-28(25,26)18-10-8-17(9-11-18)27-13-20(24)22-14-21(3,4)5/h6-12,23H,13-14H2,1-5H3,(H,22,24). The highest BCUT2D eigenvalue weighted by Gasteiger charge is 2.16. The SMILES string of the molecule is Cc1ccc(C)c(NS(=O)(=O)c2ccc(OCC(=O)NCC(C)(C)C)cc2)c1. The van der Waals surface area contributed by atoms with Crippen molar-refractivity contribution in [2.24, 2.45) is 5.41 Å². The summed E-state index contributed by atoms with van der Waals surface area (Å²) in [6.07, 6.45) is 0. The zero-order chi connectivity index (χ0) is 20.9. The van der Waals surface area contributed by atoms with E-state index in [1.165, 1.54) is 24.3 Å². The van der Waals surface area contributed by atoms with Crippen LogP contribution in [0.2, 0.25) is 0 Å². The minimum Gasteiger partial charge on any atom is -0.484 e. The van der Waals surface area contributed by atoms with E-state index in [0.717, 1.165) is 11.1 Å². The Kier molecular flexibility index (Phi) is 6.72. The monoisotopic (exact) mass is 404 g/mol.